The Morgan fingerprint density at radius 3 is 2.67 bits per heavy atom. The van der Waals surface area contributed by atoms with Crippen molar-refractivity contribution in [2.45, 2.75) is 13.8 Å². The molecule has 0 saturated heterocycles. The monoisotopic (exact) mass is 248 g/mol. The van der Waals surface area contributed by atoms with Crippen LogP contribution in [0.2, 0.25) is 0 Å². The van der Waals surface area contributed by atoms with Gasteiger partial charge in [-0.25, -0.2) is 13.9 Å². The molecule has 0 aliphatic carbocycles. The highest BCUT2D eigenvalue weighted by Crippen LogP contribution is 2.13. The van der Waals surface area contributed by atoms with Gasteiger partial charge in [-0.2, -0.15) is 5.10 Å². The van der Waals surface area contributed by atoms with E-state index in [1.54, 1.807) is 32.2 Å². The van der Waals surface area contributed by atoms with E-state index in [1.165, 1.54) is 16.8 Å². The van der Waals surface area contributed by atoms with Gasteiger partial charge in [0.1, 0.15) is 11.4 Å². The zero-order valence-electron chi connectivity index (χ0n) is 10.2. The predicted octanol–water partition coefficient (Wildman–Crippen LogP) is 2.50. The third-order valence-corrected chi connectivity index (χ3v) is 2.49. The van der Waals surface area contributed by atoms with Crippen LogP contribution in [0.15, 0.2) is 30.5 Å². The molecule has 5 heteroatoms. The van der Waals surface area contributed by atoms with E-state index in [9.17, 15) is 9.18 Å². The van der Waals surface area contributed by atoms with Gasteiger partial charge in [0.15, 0.2) is 0 Å². The molecule has 1 aromatic carbocycles. The average Bonchev–Trinajstić information content (AvgIpc) is 2.72. The molecule has 1 aromatic heterocycles. The van der Waals surface area contributed by atoms with E-state index in [-0.39, 0.29) is 5.82 Å². The molecule has 0 radical (unpaired) electrons. The van der Waals surface area contributed by atoms with Gasteiger partial charge >= 0.3 is 5.97 Å². The molecule has 0 N–H and O–H groups in total. The third kappa shape index (κ3) is 2.40. The van der Waals surface area contributed by atoms with E-state index in [0.717, 1.165) is 0 Å². The van der Waals surface area contributed by atoms with Crippen LogP contribution in [0, 0.1) is 12.7 Å². The second kappa shape index (κ2) is 5.00. The molecular weight excluding hydrogens is 235 g/mol. The lowest BCUT2D eigenvalue weighted by atomic mass is 10.3. The summed E-state index contributed by atoms with van der Waals surface area (Å²) in [6, 6.07) is 5.88. The van der Waals surface area contributed by atoms with Gasteiger partial charge in [0.2, 0.25) is 0 Å². The highest BCUT2D eigenvalue weighted by atomic mass is 19.1. The second-order valence-corrected chi connectivity index (χ2v) is 3.77. The molecule has 0 fully saturated rings. The van der Waals surface area contributed by atoms with Crippen molar-refractivity contribution in [3.05, 3.63) is 47.5 Å². The summed E-state index contributed by atoms with van der Waals surface area (Å²) in [4.78, 5) is 11.6. The lowest BCUT2D eigenvalue weighted by Gasteiger charge is -2.00. The highest BCUT2D eigenvalue weighted by Gasteiger charge is 2.14. The van der Waals surface area contributed by atoms with Gasteiger partial charge in [0.05, 0.1) is 18.0 Å². The maximum absolute atomic E-state index is 12.8. The number of carbonyl (C=O) groups excluding carboxylic acids is 1. The Hall–Kier alpha value is -2.17. The summed E-state index contributed by atoms with van der Waals surface area (Å²) in [5.74, 6) is -0.711. The van der Waals surface area contributed by atoms with Gasteiger partial charge in [0, 0.05) is 6.20 Å². The Morgan fingerprint density at radius 1 is 1.39 bits per heavy atom. The molecule has 18 heavy (non-hydrogen) atoms. The molecule has 94 valence electrons. The topological polar surface area (TPSA) is 44.1 Å². The van der Waals surface area contributed by atoms with E-state index < -0.39 is 5.97 Å². The summed E-state index contributed by atoms with van der Waals surface area (Å²) in [5, 5.41) is 4.21. The molecule has 0 bridgehead atoms. The fourth-order valence-electron chi connectivity index (χ4n) is 1.60. The number of rotatable bonds is 3. The van der Waals surface area contributed by atoms with E-state index in [0.29, 0.717) is 23.6 Å². The first kappa shape index (κ1) is 12.3. The minimum Gasteiger partial charge on any atom is -0.462 e. The Kier molecular flexibility index (Phi) is 3.41. The fraction of sp³-hybridized carbons (Fsp3) is 0.231. The van der Waals surface area contributed by atoms with Crippen LogP contribution in [0.5, 0.6) is 0 Å². The van der Waals surface area contributed by atoms with Crippen molar-refractivity contribution in [2.24, 2.45) is 0 Å². The molecule has 0 spiro atoms. The number of carbonyl (C=O) groups is 1. The number of benzene rings is 1. The summed E-state index contributed by atoms with van der Waals surface area (Å²) >= 11 is 0. The van der Waals surface area contributed by atoms with Crippen molar-refractivity contribution in [2.75, 3.05) is 6.61 Å². The molecule has 0 aliphatic rings. The van der Waals surface area contributed by atoms with Crippen molar-refractivity contribution in [3.8, 4) is 5.69 Å². The van der Waals surface area contributed by atoms with E-state index in [4.69, 9.17) is 4.74 Å². The maximum Gasteiger partial charge on any atom is 0.341 e. The molecule has 4 nitrogen and oxygen atoms in total. The Labute approximate surface area is 104 Å². The number of hydrogen-bond acceptors (Lipinski definition) is 3. The van der Waals surface area contributed by atoms with Crippen molar-refractivity contribution in [1.82, 2.24) is 9.78 Å². The summed E-state index contributed by atoms with van der Waals surface area (Å²) < 4.78 is 19.3. The van der Waals surface area contributed by atoms with Crippen molar-refractivity contribution in [1.29, 1.82) is 0 Å². The molecule has 2 aromatic rings. The summed E-state index contributed by atoms with van der Waals surface area (Å²) in [5.41, 5.74) is 1.69. The van der Waals surface area contributed by atoms with Crippen LogP contribution in [0.1, 0.15) is 23.0 Å². The zero-order chi connectivity index (χ0) is 13.1. The Balaban J connectivity index is 2.34. The summed E-state index contributed by atoms with van der Waals surface area (Å²) in [6.45, 7) is 3.80. The number of esters is 1. The van der Waals surface area contributed by atoms with E-state index >= 15 is 0 Å². The van der Waals surface area contributed by atoms with Gasteiger partial charge in [0.25, 0.3) is 0 Å². The summed E-state index contributed by atoms with van der Waals surface area (Å²) in [7, 11) is 0. The molecule has 1 heterocycles. The second-order valence-electron chi connectivity index (χ2n) is 3.77. The van der Waals surface area contributed by atoms with Gasteiger partial charge < -0.3 is 4.74 Å². The normalized spacial score (nSPS) is 10.4. The highest BCUT2D eigenvalue weighted by molar-refractivity contribution is 5.90. The number of nitrogens with zero attached hydrogens (tertiary/aromatic N) is 2. The number of halogens is 1. The largest absolute Gasteiger partial charge is 0.462 e. The minimum absolute atomic E-state index is 0.312. The van der Waals surface area contributed by atoms with Crippen LogP contribution in [0.25, 0.3) is 5.69 Å². The smallest absolute Gasteiger partial charge is 0.341 e. The van der Waals surface area contributed by atoms with Crippen molar-refractivity contribution >= 4 is 5.97 Å². The zero-order valence-corrected chi connectivity index (χ0v) is 10.2. The molecule has 0 unspecified atom stereocenters. The minimum atomic E-state index is -0.400. The van der Waals surface area contributed by atoms with Gasteiger partial charge in [-0.15, -0.1) is 0 Å². The van der Waals surface area contributed by atoms with Crippen LogP contribution < -0.4 is 0 Å². The predicted molar refractivity (Wildman–Crippen MR) is 64.2 cm³/mol. The van der Waals surface area contributed by atoms with Crippen molar-refractivity contribution in [3.63, 3.8) is 0 Å². The van der Waals surface area contributed by atoms with Crippen molar-refractivity contribution < 1.29 is 13.9 Å². The first-order valence-corrected chi connectivity index (χ1v) is 5.61. The first-order chi connectivity index (χ1) is 8.61. The molecule has 2 rings (SSSR count). The van der Waals surface area contributed by atoms with Crippen LogP contribution in [0.3, 0.4) is 0 Å². The molecular formula is C13H13FN2O2. The lowest BCUT2D eigenvalue weighted by molar-refractivity contribution is 0.0525. The van der Waals surface area contributed by atoms with Gasteiger partial charge in [-0.1, -0.05) is 0 Å². The van der Waals surface area contributed by atoms with Gasteiger partial charge in [-0.05, 0) is 38.1 Å². The third-order valence-electron chi connectivity index (χ3n) is 2.49. The van der Waals surface area contributed by atoms with Crippen LogP contribution in [-0.4, -0.2) is 22.4 Å². The Morgan fingerprint density at radius 2 is 2.06 bits per heavy atom. The lowest BCUT2D eigenvalue weighted by Crippen LogP contribution is -2.04. The molecule has 0 amide bonds. The van der Waals surface area contributed by atoms with E-state index in [1.807, 2.05) is 0 Å². The van der Waals surface area contributed by atoms with Gasteiger partial charge in [-0.3, -0.25) is 0 Å². The van der Waals surface area contributed by atoms with Crippen LogP contribution in [-0.2, 0) is 4.74 Å². The van der Waals surface area contributed by atoms with E-state index in [2.05, 4.69) is 5.10 Å². The fourth-order valence-corrected chi connectivity index (χ4v) is 1.60. The number of hydrogen-bond donors (Lipinski definition) is 0. The molecule has 0 aliphatic heterocycles. The summed E-state index contributed by atoms with van der Waals surface area (Å²) in [6.07, 6.45) is 1.58. The quantitative estimate of drug-likeness (QED) is 0.784. The van der Waals surface area contributed by atoms with Crippen LogP contribution in [0.4, 0.5) is 4.39 Å². The number of ether oxygens (including phenoxy) is 1. The number of aromatic nitrogens is 2. The number of aryl methyl sites for hydroxylation is 1. The molecule has 0 atom stereocenters. The average molecular weight is 248 g/mol. The SMILES string of the molecule is CCOC(=O)c1cn(-c2ccc(F)cc2)nc1C. The van der Waals surface area contributed by atoms with Crippen LogP contribution >= 0.6 is 0 Å². The maximum atomic E-state index is 12.8. The Bertz CT molecular complexity index is 561. The standard InChI is InChI=1S/C13H13FN2O2/c1-3-18-13(17)12-8-16(15-9(12)2)11-6-4-10(14)5-7-11/h4-8H,3H2,1-2H3. The molecule has 0 saturated carbocycles. The first-order valence-electron chi connectivity index (χ1n) is 5.61.